The van der Waals surface area contributed by atoms with Gasteiger partial charge in [-0.1, -0.05) is 24.3 Å². The Morgan fingerprint density at radius 2 is 1.77 bits per heavy atom. The summed E-state index contributed by atoms with van der Waals surface area (Å²) in [5, 5.41) is 7.55. The quantitative estimate of drug-likeness (QED) is 0.331. The summed E-state index contributed by atoms with van der Waals surface area (Å²) in [5.41, 5.74) is 4.72. The van der Waals surface area contributed by atoms with Gasteiger partial charge in [0.2, 0.25) is 5.95 Å². The van der Waals surface area contributed by atoms with Crippen LogP contribution in [0, 0.1) is 0 Å². The molecule has 1 heterocycles. The van der Waals surface area contributed by atoms with Gasteiger partial charge in [-0.3, -0.25) is 14.6 Å². The predicted octanol–water partition coefficient (Wildman–Crippen LogP) is 3.44. The fourth-order valence-electron chi connectivity index (χ4n) is 2.99. The van der Waals surface area contributed by atoms with Crippen molar-refractivity contribution in [3.05, 3.63) is 94.3 Å². The van der Waals surface area contributed by atoms with E-state index in [2.05, 4.69) is 25.8 Å². The Kier molecular flexibility index (Phi) is 5.70. The van der Waals surface area contributed by atoms with Crippen LogP contribution in [-0.4, -0.2) is 29.2 Å². The number of rotatable bonds is 6. The third-order valence-electron chi connectivity index (χ3n) is 4.53. The van der Waals surface area contributed by atoms with Crippen molar-refractivity contribution in [2.45, 2.75) is 0 Å². The van der Waals surface area contributed by atoms with Crippen LogP contribution < -0.4 is 21.0 Å². The minimum atomic E-state index is -0.352. The number of hydrazone groups is 1. The lowest BCUT2D eigenvalue weighted by atomic mass is 10.2. The maximum Gasteiger partial charge on any atom is 0.271 e. The molecule has 0 saturated carbocycles. The molecule has 3 aromatic carbocycles. The first kappa shape index (κ1) is 19.8. The van der Waals surface area contributed by atoms with Crippen molar-refractivity contribution in [2.24, 2.45) is 5.10 Å². The Morgan fingerprint density at radius 1 is 1.03 bits per heavy atom. The number of carbonyl (C=O) groups is 1. The number of nitrogens with zero attached hydrogens (tertiary/aromatic N) is 2. The molecule has 4 rings (SSSR count). The first-order valence-electron chi connectivity index (χ1n) is 9.46. The number of methoxy groups -OCH3 is 1. The lowest BCUT2D eigenvalue weighted by Gasteiger charge is -2.07. The Balaban J connectivity index is 1.42. The molecule has 0 aliphatic heterocycles. The Morgan fingerprint density at radius 3 is 2.58 bits per heavy atom. The van der Waals surface area contributed by atoms with E-state index in [0.29, 0.717) is 33.9 Å². The first-order chi connectivity index (χ1) is 15.1. The number of H-pyrrole nitrogens is 1. The summed E-state index contributed by atoms with van der Waals surface area (Å²) in [6, 6.07) is 21.2. The number of aromatic nitrogens is 2. The van der Waals surface area contributed by atoms with E-state index in [-0.39, 0.29) is 11.5 Å². The maximum atomic E-state index is 12.3. The van der Waals surface area contributed by atoms with Crippen LogP contribution in [0.2, 0.25) is 0 Å². The van der Waals surface area contributed by atoms with E-state index in [0.717, 1.165) is 5.56 Å². The second kappa shape index (κ2) is 8.91. The second-order valence-electron chi connectivity index (χ2n) is 6.58. The lowest BCUT2D eigenvalue weighted by molar-refractivity contribution is 0.0955. The molecule has 0 atom stereocenters. The smallest absolute Gasteiger partial charge is 0.271 e. The highest BCUT2D eigenvalue weighted by molar-refractivity contribution is 5.95. The molecule has 154 valence electrons. The minimum absolute atomic E-state index is 0.225. The molecule has 0 radical (unpaired) electrons. The molecule has 0 aliphatic rings. The molecule has 0 bridgehead atoms. The highest BCUT2D eigenvalue weighted by Crippen LogP contribution is 2.16. The van der Waals surface area contributed by atoms with Crippen molar-refractivity contribution in [2.75, 3.05) is 12.4 Å². The third-order valence-corrected chi connectivity index (χ3v) is 4.53. The zero-order chi connectivity index (χ0) is 21.6. The maximum absolute atomic E-state index is 12.3. The van der Waals surface area contributed by atoms with Crippen LogP contribution in [0.25, 0.3) is 10.9 Å². The molecule has 8 heteroatoms. The van der Waals surface area contributed by atoms with Crippen LogP contribution in [0.4, 0.5) is 11.6 Å². The Bertz CT molecular complexity index is 1310. The third kappa shape index (κ3) is 4.59. The number of fused-ring (bicyclic) bond motifs is 1. The Hall–Kier alpha value is -4.46. The standard InChI is InChI=1S/C23H19N5O3/c1-31-20-9-5-2-6-16(20)14-24-28-21(29)15-10-12-17(13-11-15)25-23-26-19-8-4-3-7-18(19)22(30)27-23/h2-14H,1H3,(H,28,29)(H2,25,26,27,30)/b24-14-. The van der Waals surface area contributed by atoms with E-state index < -0.39 is 0 Å². The second-order valence-corrected chi connectivity index (χ2v) is 6.58. The summed E-state index contributed by atoms with van der Waals surface area (Å²) in [7, 11) is 1.57. The fourth-order valence-corrected chi connectivity index (χ4v) is 2.99. The average molecular weight is 413 g/mol. The molecular formula is C23H19N5O3. The van der Waals surface area contributed by atoms with E-state index in [4.69, 9.17) is 4.74 Å². The SMILES string of the molecule is COc1ccccc1/C=N\NC(=O)c1ccc(Nc2nc3ccccc3c(=O)[nH]2)cc1. The zero-order valence-electron chi connectivity index (χ0n) is 16.6. The molecule has 31 heavy (non-hydrogen) atoms. The first-order valence-corrected chi connectivity index (χ1v) is 9.46. The molecule has 0 saturated heterocycles. The zero-order valence-corrected chi connectivity index (χ0v) is 16.6. The summed E-state index contributed by atoms with van der Waals surface area (Å²) < 4.78 is 5.24. The molecule has 0 fully saturated rings. The van der Waals surface area contributed by atoms with Crippen molar-refractivity contribution < 1.29 is 9.53 Å². The van der Waals surface area contributed by atoms with E-state index in [1.54, 1.807) is 49.6 Å². The van der Waals surface area contributed by atoms with Gasteiger partial charge in [-0.05, 0) is 48.5 Å². The number of hydrogen-bond acceptors (Lipinski definition) is 6. The van der Waals surface area contributed by atoms with Crippen LogP contribution in [0.5, 0.6) is 5.75 Å². The van der Waals surface area contributed by atoms with E-state index in [1.165, 1.54) is 6.21 Å². The molecule has 0 aliphatic carbocycles. The monoisotopic (exact) mass is 413 g/mol. The molecule has 0 unspecified atom stereocenters. The van der Waals surface area contributed by atoms with Crippen LogP contribution in [0.15, 0.2) is 82.7 Å². The lowest BCUT2D eigenvalue weighted by Crippen LogP contribution is -2.17. The molecule has 1 aromatic heterocycles. The molecule has 0 spiro atoms. The summed E-state index contributed by atoms with van der Waals surface area (Å²) in [4.78, 5) is 31.6. The van der Waals surface area contributed by atoms with Crippen molar-refractivity contribution in [1.82, 2.24) is 15.4 Å². The molecule has 1 amide bonds. The van der Waals surface area contributed by atoms with Gasteiger partial charge in [0.25, 0.3) is 11.5 Å². The van der Waals surface area contributed by atoms with Gasteiger partial charge in [0, 0.05) is 16.8 Å². The van der Waals surface area contributed by atoms with Gasteiger partial charge < -0.3 is 10.1 Å². The minimum Gasteiger partial charge on any atom is -0.496 e. The number of amides is 1. The normalized spacial score (nSPS) is 10.9. The van der Waals surface area contributed by atoms with Crippen LogP contribution in [-0.2, 0) is 0 Å². The van der Waals surface area contributed by atoms with Crippen molar-refractivity contribution in [1.29, 1.82) is 0 Å². The number of carbonyl (C=O) groups excluding carboxylic acids is 1. The highest BCUT2D eigenvalue weighted by atomic mass is 16.5. The number of ether oxygens (including phenoxy) is 1. The topological polar surface area (TPSA) is 108 Å². The van der Waals surface area contributed by atoms with Crippen molar-refractivity contribution in [3.8, 4) is 5.75 Å². The van der Waals surface area contributed by atoms with Crippen molar-refractivity contribution in [3.63, 3.8) is 0 Å². The summed E-state index contributed by atoms with van der Waals surface area (Å²) in [5.74, 6) is 0.633. The van der Waals surface area contributed by atoms with E-state index >= 15 is 0 Å². The number of anilines is 2. The van der Waals surface area contributed by atoms with Gasteiger partial charge in [0.05, 0.1) is 24.2 Å². The fraction of sp³-hybridized carbons (Fsp3) is 0.0435. The van der Waals surface area contributed by atoms with E-state index in [9.17, 15) is 9.59 Å². The van der Waals surface area contributed by atoms with Crippen molar-refractivity contribution >= 4 is 34.7 Å². The van der Waals surface area contributed by atoms with Gasteiger partial charge in [-0.15, -0.1) is 0 Å². The van der Waals surface area contributed by atoms with Gasteiger partial charge in [-0.2, -0.15) is 5.10 Å². The van der Waals surface area contributed by atoms with Gasteiger partial charge >= 0.3 is 0 Å². The van der Waals surface area contributed by atoms with Gasteiger partial charge in [0.15, 0.2) is 0 Å². The summed E-state index contributed by atoms with van der Waals surface area (Å²) in [6.07, 6.45) is 1.52. The molecule has 4 aromatic rings. The highest BCUT2D eigenvalue weighted by Gasteiger charge is 2.07. The van der Waals surface area contributed by atoms with Crippen LogP contribution >= 0.6 is 0 Å². The van der Waals surface area contributed by atoms with E-state index in [1.807, 2.05) is 30.3 Å². The molecule has 8 nitrogen and oxygen atoms in total. The van der Waals surface area contributed by atoms with Gasteiger partial charge in [-0.25, -0.2) is 10.4 Å². The molecule has 3 N–H and O–H groups in total. The summed E-state index contributed by atoms with van der Waals surface area (Å²) in [6.45, 7) is 0. The van der Waals surface area contributed by atoms with Crippen LogP contribution in [0.1, 0.15) is 15.9 Å². The summed E-state index contributed by atoms with van der Waals surface area (Å²) >= 11 is 0. The average Bonchev–Trinajstić information content (AvgIpc) is 2.80. The number of para-hydroxylation sites is 2. The number of aromatic amines is 1. The number of benzene rings is 3. The largest absolute Gasteiger partial charge is 0.496 e. The number of nitrogens with one attached hydrogen (secondary N) is 3. The van der Waals surface area contributed by atoms with Gasteiger partial charge in [0.1, 0.15) is 5.75 Å². The predicted molar refractivity (Wildman–Crippen MR) is 120 cm³/mol. The van der Waals surface area contributed by atoms with Crippen LogP contribution in [0.3, 0.4) is 0 Å². The molecular weight excluding hydrogens is 394 g/mol. The Labute approximate surface area is 177 Å². The number of hydrogen-bond donors (Lipinski definition) is 3.